The van der Waals surface area contributed by atoms with Crippen LogP contribution in [0.5, 0.6) is 0 Å². The molecule has 0 bridgehead atoms. The zero-order chi connectivity index (χ0) is 16.7. The molecule has 1 aliphatic heterocycles. The van der Waals surface area contributed by atoms with Crippen LogP contribution in [0.3, 0.4) is 0 Å². The summed E-state index contributed by atoms with van der Waals surface area (Å²) in [5.41, 5.74) is 6.99. The van der Waals surface area contributed by atoms with Crippen molar-refractivity contribution in [3.8, 4) is 0 Å². The number of nitrogens with one attached hydrogen (secondary N) is 2. The number of aryl methyl sites for hydroxylation is 1. The number of rotatable bonds is 6. The Morgan fingerprint density at radius 3 is 2.29 bits per heavy atom. The van der Waals surface area contributed by atoms with Gasteiger partial charge in [0.15, 0.2) is 0 Å². The van der Waals surface area contributed by atoms with Crippen LogP contribution in [0.15, 0.2) is 24.3 Å². The Bertz CT molecular complexity index is 543. The molecular formula is C17H26ClN3O3. The molecule has 0 unspecified atom stereocenters. The van der Waals surface area contributed by atoms with Crippen LogP contribution in [0.25, 0.3) is 0 Å². The maximum atomic E-state index is 12.3. The van der Waals surface area contributed by atoms with E-state index in [1.54, 1.807) is 12.1 Å². The van der Waals surface area contributed by atoms with Crippen LogP contribution in [0, 0.1) is 12.3 Å². The highest BCUT2D eigenvalue weighted by Crippen LogP contribution is 2.29. The molecule has 4 N–H and O–H groups in total. The van der Waals surface area contributed by atoms with Crippen molar-refractivity contribution >= 4 is 24.2 Å². The van der Waals surface area contributed by atoms with Crippen LogP contribution in [-0.4, -0.2) is 44.7 Å². The summed E-state index contributed by atoms with van der Waals surface area (Å²) in [4.78, 5) is 24.3. The number of nitrogens with two attached hydrogens (primary N) is 1. The van der Waals surface area contributed by atoms with Gasteiger partial charge in [-0.2, -0.15) is 0 Å². The summed E-state index contributed by atoms with van der Waals surface area (Å²) in [5, 5.41) is 5.67. The van der Waals surface area contributed by atoms with E-state index < -0.39 is 5.41 Å². The van der Waals surface area contributed by atoms with E-state index in [9.17, 15) is 9.59 Å². The molecule has 6 nitrogen and oxygen atoms in total. The first kappa shape index (κ1) is 20.4. The Balaban J connectivity index is 0.00000288. The summed E-state index contributed by atoms with van der Waals surface area (Å²) in [6, 6.07) is 7.36. The standard InChI is InChI=1S/C17H25N3O3.ClH/c1-13-2-4-14(5-3-13)15(21)19-8-9-20-16(22)17(12-18)6-10-23-11-7-17;/h2-5H,6-12,18H2,1H3,(H,19,21)(H,20,22);1H. The third kappa shape index (κ3) is 5.19. The number of ether oxygens (including phenoxy) is 1. The molecule has 2 rings (SSSR count). The number of amides is 2. The second kappa shape index (κ2) is 9.61. The lowest BCUT2D eigenvalue weighted by Crippen LogP contribution is -2.50. The van der Waals surface area contributed by atoms with E-state index in [2.05, 4.69) is 10.6 Å². The van der Waals surface area contributed by atoms with E-state index >= 15 is 0 Å². The van der Waals surface area contributed by atoms with Gasteiger partial charge < -0.3 is 21.1 Å². The number of benzene rings is 1. The molecule has 24 heavy (non-hydrogen) atoms. The summed E-state index contributed by atoms with van der Waals surface area (Å²) in [6.07, 6.45) is 1.29. The monoisotopic (exact) mass is 355 g/mol. The Hall–Kier alpha value is -1.63. The quantitative estimate of drug-likeness (QED) is 0.664. The fourth-order valence-electron chi connectivity index (χ4n) is 2.63. The van der Waals surface area contributed by atoms with Crippen molar-refractivity contribution < 1.29 is 14.3 Å². The molecular weight excluding hydrogens is 330 g/mol. The lowest BCUT2D eigenvalue weighted by Gasteiger charge is -2.34. The fraction of sp³-hybridized carbons (Fsp3) is 0.529. The van der Waals surface area contributed by atoms with Crippen molar-refractivity contribution in [2.24, 2.45) is 11.1 Å². The number of carbonyl (C=O) groups is 2. The Labute approximate surface area is 148 Å². The third-order valence-corrected chi connectivity index (χ3v) is 4.33. The van der Waals surface area contributed by atoms with Crippen molar-refractivity contribution in [3.05, 3.63) is 35.4 Å². The van der Waals surface area contributed by atoms with E-state index in [1.165, 1.54) is 0 Å². The van der Waals surface area contributed by atoms with Gasteiger partial charge >= 0.3 is 0 Å². The summed E-state index contributed by atoms with van der Waals surface area (Å²) >= 11 is 0. The van der Waals surface area contributed by atoms with Gasteiger partial charge in [0.25, 0.3) is 5.91 Å². The van der Waals surface area contributed by atoms with Gasteiger partial charge in [-0.3, -0.25) is 9.59 Å². The van der Waals surface area contributed by atoms with Crippen molar-refractivity contribution in [2.45, 2.75) is 19.8 Å². The van der Waals surface area contributed by atoms with E-state index in [4.69, 9.17) is 10.5 Å². The molecule has 1 fully saturated rings. The van der Waals surface area contributed by atoms with Crippen molar-refractivity contribution in [3.63, 3.8) is 0 Å². The average Bonchev–Trinajstić information content (AvgIpc) is 2.59. The summed E-state index contributed by atoms with van der Waals surface area (Å²) in [5.74, 6) is -0.188. The van der Waals surface area contributed by atoms with Gasteiger partial charge in [0.1, 0.15) is 0 Å². The van der Waals surface area contributed by atoms with E-state index in [0.717, 1.165) is 5.56 Å². The highest BCUT2D eigenvalue weighted by atomic mass is 35.5. The summed E-state index contributed by atoms with van der Waals surface area (Å²) < 4.78 is 5.30. The van der Waals surface area contributed by atoms with Crippen LogP contribution in [0.2, 0.25) is 0 Å². The fourth-order valence-corrected chi connectivity index (χ4v) is 2.63. The molecule has 0 spiro atoms. The van der Waals surface area contributed by atoms with Gasteiger partial charge in [0.05, 0.1) is 5.41 Å². The zero-order valence-corrected chi connectivity index (χ0v) is 14.8. The molecule has 2 amide bonds. The highest BCUT2D eigenvalue weighted by Gasteiger charge is 2.38. The number of halogens is 1. The van der Waals surface area contributed by atoms with Crippen molar-refractivity contribution in [1.82, 2.24) is 10.6 Å². The Morgan fingerprint density at radius 1 is 1.12 bits per heavy atom. The zero-order valence-electron chi connectivity index (χ0n) is 14.0. The molecule has 0 radical (unpaired) electrons. The molecule has 1 saturated heterocycles. The topological polar surface area (TPSA) is 93.5 Å². The second-order valence-electron chi connectivity index (χ2n) is 5.97. The first-order valence-electron chi connectivity index (χ1n) is 7.98. The minimum atomic E-state index is -0.529. The molecule has 1 aromatic carbocycles. The lowest BCUT2D eigenvalue weighted by molar-refractivity contribution is -0.135. The van der Waals surface area contributed by atoms with Crippen LogP contribution in [0.4, 0.5) is 0 Å². The van der Waals surface area contributed by atoms with Crippen LogP contribution < -0.4 is 16.4 Å². The number of hydrogen-bond donors (Lipinski definition) is 3. The maximum Gasteiger partial charge on any atom is 0.251 e. The highest BCUT2D eigenvalue weighted by molar-refractivity contribution is 5.94. The molecule has 0 aromatic heterocycles. The van der Waals surface area contributed by atoms with Gasteiger partial charge in [-0.15, -0.1) is 12.4 Å². The SMILES string of the molecule is Cc1ccc(C(=O)NCCNC(=O)C2(CN)CCOCC2)cc1.Cl. The number of carbonyl (C=O) groups excluding carboxylic acids is 2. The minimum Gasteiger partial charge on any atom is -0.381 e. The lowest BCUT2D eigenvalue weighted by atomic mass is 9.79. The first-order chi connectivity index (χ1) is 11.1. The van der Waals surface area contributed by atoms with E-state index in [0.29, 0.717) is 51.3 Å². The molecule has 0 aliphatic carbocycles. The van der Waals surface area contributed by atoms with Gasteiger partial charge in [-0.05, 0) is 31.9 Å². The average molecular weight is 356 g/mol. The Kier molecular flexibility index (Phi) is 8.18. The molecule has 0 atom stereocenters. The Morgan fingerprint density at radius 2 is 1.71 bits per heavy atom. The van der Waals surface area contributed by atoms with Crippen LogP contribution >= 0.6 is 12.4 Å². The van der Waals surface area contributed by atoms with E-state index in [-0.39, 0.29) is 24.2 Å². The summed E-state index contributed by atoms with van der Waals surface area (Å²) in [7, 11) is 0. The molecule has 1 aliphatic rings. The van der Waals surface area contributed by atoms with Crippen molar-refractivity contribution in [1.29, 1.82) is 0 Å². The molecule has 1 aromatic rings. The summed E-state index contributed by atoms with van der Waals surface area (Å²) in [6.45, 7) is 4.19. The molecule has 7 heteroatoms. The predicted molar refractivity (Wildman–Crippen MR) is 95.3 cm³/mol. The van der Waals surface area contributed by atoms with Gasteiger partial charge in [0, 0.05) is 38.4 Å². The third-order valence-electron chi connectivity index (χ3n) is 4.33. The van der Waals surface area contributed by atoms with Crippen LogP contribution in [-0.2, 0) is 9.53 Å². The molecule has 0 saturated carbocycles. The van der Waals surface area contributed by atoms with Crippen molar-refractivity contribution in [2.75, 3.05) is 32.8 Å². The number of hydrogen-bond acceptors (Lipinski definition) is 4. The second-order valence-corrected chi connectivity index (χ2v) is 5.97. The maximum absolute atomic E-state index is 12.3. The van der Waals surface area contributed by atoms with Gasteiger partial charge in [-0.25, -0.2) is 0 Å². The largest absolute Gasteiger partial charge is 0.381 e. The first-order valence-corrected chi connectivity index (χ1v) is 7.98. The van der Waals surface area contributed by atoms with Gasteiger partial charge in [-0.1, -0.05) is 17.7 Å². The smallest absolute Gasteiger partial charge is 0.251 e. The molecule has 1 heterocycles. The van der Waals surface area contributed by atoms with E-state index in [1.807, 2.05) is 19.1 Å². The van der Waals surface area contributed by atoms with Gasteiger partial charge in [0.2, 0.25) is 5.91 Å². The minimum absolute atomic E-state index is 0. The van der Waals surface area contributed by atoms with Crippen LogP contribution in [0.1, 0.15) is 28.8 Å². The molecule has 134 valence electrons. The predicted octanol–water partition coefficient (Wildman–Crippen LogP) is 1.02. The normalized spacial score (nSPS) is 15.9.